The fraction of sp³-hybridized carbons (Fsp3) is 0.722. The summed E-state index contributed by atoms with van der Waals surface area (Å²) in [6.07, 6.45) is 2.80. The minimum Gasteiger partial charge on any atom is -0.379 e. The number of ether oxygens (including phenoxy) is 1. The van der Waals surface area contributed by atoms with E-state index in [1.807, 2.05) is 11.4 Å². The van der Waals surface area contributed by atoms with Crippen LogP contribution in [0.1, 0.15) is 31.6 Å². The van der Waals surface area contributed by atoms with Gasteiger partial charge in [0.1, 0.15) is 0 Å². The quantitative estimate of drug-likeness (QED) is 0.851. The summed E-state index contributed by atoms with van der Waals surface area (Å²) in [6, 6.07) is 4.60. The minimum atomic E-state index is 0.115. The van der Waals surface area contributed by atoms with E-state index in [1.54, 1.807) is 11.3 Å². The molecule has 5 heteroatoms. The standard InChI is InChI=1S/C18H28N2O2S/c1-15(2)19-8-9-22-14-18(12-19)6-4-7-20(13-18)17(21)11-16-5-3-10-23-16/h3,5,10,15H,4,6-9,11-14H2,1-2H3/t18-/m1/s1. The zero-order chi connectivity index (χ0) is 16.3. The van der Waals surface area contributed by atoms with Gasteiger partial charge in [-0.25, -0.2) is 0 Å². The van der Waals surface area contributed by atoms with E-state index in [0.717, 1.165) is 50.7 Å². The highest BCUT2D eigenvalue weighted by Crippen LogP contribution is 2.34. The van der Waals surface area contributed by atoms with Gasteiger partial charge in [0.2, 0.25) is 5.91 Å². The summed E-state index contributed by atoms with van der Waals surface area (Å²) in [5.74, 6) is 0.270. The van der Waals surface area contributed by atoms with Gasteiger partial charge in [0.15, 0.2) is 0 Å². The minimum absolute atomic E-state index is 0.115. The molecule has 2 fully saturated rings. The molecular formula is C18H28N2O2S. The Kier molecular flexibility index (Phi) is 5.39. The Morgan fingerprint density at radius 3 is 3.00 bits per heavy atom. The van der Waals surface area contributed by atoms with Crippen molar-refractivity contribution in [1.82, 2.24) is 9.80 Å². The molecule has 0 bridgehead atoms. The predicted molar refractivity (Wildman–Crippen MR) is 93.8 cm³/mol. The maximum absolute atomic E-state index is 12.7. The van der Waals surface area contributed by atoms with Gasteiger partial charge in [0, 0.05) is 42.5 Å². The van der Waals surface area contributed by atoms with Gasteiger partial charge >= 0.3 is 0 Å². The normalized spacial score (nSPS) is 26.7. The maximum Gasteiger partial charge on any atom is 0.227 e. The van der Waals surface area contributed by atoms with Gasteiger partial charge in [-0.15, -0.1) is 11.3 Å². The van der Waals surface area contributed by atoms with Crippen molar-refractivity contribution in [2.75, 3.05) is 39.4 Å². The number of likely N-dealkylation sites (tertiary alicyclic amines) is 1. The topological polar surface area (TPSA) is 32.8 Å². The fourth-order valence-corrected chi connectivity index (χ4v) is 4.50. The van der Waals surface area contributed by atoms with Crippen molar-refractivity contribution < 1.29 is 9.53 Å². The lowest BCUT2D eigenvalue weighted by Gasteiger charge is -2.44. The molecule has 0 radical (unpaired) electrons. The monoisotopic (exact) mass is 336 g/mol. The van der Waals surface area contributed by atoms with E-state index < -0.39 is 0 Å². The van der Waals surface area contributed by atoms with Crippen molar-refractivity contribution in [3.8, 4) is 0 Å². The lowest BCUT2D eigenvalue weighted by molar-refractivity contribution is -0.135. The summed E-state index contributed by atoms with van der Waals surface area (Å²) in [5, 5.41) is 2.04. The van der Waals surface area contributed by atoms with Crippen LogP contribution in [0.2, 0.25) is 0 Å². The molecule has 1 spiro atoms. The lowest BCUT2D eigenvalue weighted by atomic mass is 9.79. The first-order valence-corrected chi connectivity index (χ1v) is 9.58. The van der Waals surface area contributed by atoms with Gasteiger partial charge in [-0.1, -0.05) is 6.07 Å². The average molecular weight is 337 g/mol. The summed E-state index contributed by atoms with van der Waals surface area (Å²) in [7, 11) is 0. The van der Waals surface area contributed by atoms with Gasteiger partial charge in [0.05, 0.1) is 19.6 Å². The van der Waals surface area contributed by atoms with E-state index in [9.17, 15) is 4.79 Å². The second-order valence-electron chi connectivity index (χ2n) is 7.29. The van der Waals surface area contributed by atoms with Crippen LogP contribution in [-0.2, 0) is 16.0 Å². The van der Waals surface area contributed by atoms with Crippen molar-refractivity contribution >= 4 is 17.2 Å². The smallest absolute Gasteiger partial charge is 0.227 e. The molecule has 4 nitrogen and oxygen atoms in total. The molecule has 0 unspecified atom stereocenters. The molecule has 23 heavy (non-hydrogen) atoms. The highest BCUT2D eigenvalue weighted by Gasteiger charge is 2.40. The van der Waals surface area contributed by atoms with Gasteiger partial charge in [-0.3, -0.25) is 9.69 Å². The molecule has 0 saturated carbocycles. The predicted octanol–water partition coefficient (Wildman–Crippen LogP) is 2.64. The SMILES string of the molecule is CC(C)N1CCOC[C@]2(CCCN(C(=O)Cc3cccs3)C2)C1. The Bertz CT molecular complexity index is 517. The first-order chi connectivity index (χ1) is 11.1. The summed E-state index contributed by atoms with van der Waals surface area (Å²) >= 11 is 1.67. The number of nitrogens with zero attached hydrogens (tertiary/aromatic N) is 2. The molecule has 0 aromatic carbocycles. The van der Waals surface area contributed by atoms with Crippen LogP contribution in [0.25, 0.3) is 0 Å². The molecule has 3 heterocycles. The molecule has 128 valence electrons. The number of hydrogen-bond acceptors (Lipinski definition) is 4. The van der Waals surface area contributed by atoms with E-state index in [4.69, 9.17) is 4.74 Å². The van der Waals surface area contributed by atoms with E-state index in [0.29, 0.717) is 12.5 Å². The first kappa shape index (κ1) is 16.9. The maximum atomic E-state index is 12.7. The van der Waals surface area contributed by atoms with Crippen LogP contribution in [0.4, 0.5) is 0 Å². The highest BCUT2D eigenvalue weighted by molar-refractivity contribution is 7.10. The van der Waals surface area contributed by atoms with E-state index in [1.165, 1.54) is 6.42 Å². The largest absolute Gasteiger partial charge is 0.379 e. The van der Waals surface area contributed by atoms with Crippen LogP contribution >= 0.6 is 11.3 Å². The van der Waals surface area contributed by atoms with Gasteiger partial charge in [0.25, 0.3) is 0 Å². The summed E-state index contributed by atoms with van der Waals surface area (Å²) in [5.41, 5.74) is 0.115. The number of carbonyl (C=O) groups is 1. The van der Waals surface area contributed by atoms with Crippen molar-refractivity contribution in [2.24, 2.45) is 5.41 Å². The van der Waals surface area contributed by atoms with Gasteiger partial charge in [-0.2, -0.15) is 0 Å². The van der Waals surface area contributed by atoms with Crippen molar-refractivity contribution in [2.45, 2.75) is 39.2 Å². The molecular weight excluding hydrogens is 308 g/mol. The third-order valence-corrected chi connectivity index (χ3v) is 6.00. The zero-order valence-electron chi connectivity index (χ0n) is 14.3. The van der Waals surface area contributed by atoms with Crippen LogP contribution in [-0.4, -0.2) is 61.1 Å². The Hall–Kier alpha value is -0.910. The molecule has 2 saturated heterocycles. The number of piperidine rings is 1. The second-order valence-corrected chi connectivity index (χ2v) is 8.32. The molecule has 1 aromatic rings. The first-order valence-electron chi connectivity index (χ1n) is 8.70. The van der Waals surface area contributed by atoms with Crippen molar-refractivity contribution in [3.05, 3.63) is 22.4 Å². The molecule has 2 aliphatic rings. The number of carbonyl (C=O) groups excluding carboxylic acids is 1. The third kappa shape index (κ3) is 4.14. The van der Waals surface area contributed by atoms with Crippen LogP contribution in [0, 0.1) is 5.41 Å². The molecule has 1 aromatic heterocycles. The van der Waals surface area contributed by atoms with Crippen LogP contribution in [0.3, 0.4) is 0 Å². The zero-order valence-corrected chi connectivity index (χ0v) is 15.1. The average Bonchev–Trinajstić information content (AvgIpc) is 2.95. The number of amides is 1. The summed E-state index contributed by atoms with van der Waals surface area (Å²) in [4.78, 5) is 18.4. The van der Waals surface area contributed by atoms with Crippen LogP contribution in [0.5, 0.6) is 0 Å². The van der Waals surface area contributed by atoms with E-state index in [2.05, 4.69) is 29.7 Å². The van der Waals surface area contributed by atoms with Crippen molar-refractivity contribution in [1.29, 1.82) is 0 Å². The van der Waals surface area contributed by atoms with Crippen LogP contribution < -0.4 is 0 Å². The highest BCUT2D eigenvalue weighted by atomic mass is 32.1. The van der Waals surface area contributed by atoms with Crippen molar-refractivity contribution in [3.63, 3.8) is 0 Å². The summed E-state index contributed by atoms with van der Waals surface area (Å²) in [6.45, 7) is 9.90. The van der Waals surface area contributed by atoms with Gasteiger partial charge in [-0.05, 0) is 38.1 Å². The number of thiophene rings is 1. The molecule has 1 amide bonds. The summed E-state index contributed by atoms with van der Waals surface area (Å²) < 4.78 is 5.92. The van der Waals surface area contributed by atoms with E-state index in [-0.39, 0.29) is 11.3 Å². The van der Waals surface area contributed by atoms with Gasteiger partial charge < -0.3 is 9.64 Å². The molecule has 2 aliphatic heterocycles. The Morgan fingerprint density at radius 2 is 2.26 bits per heavy atom. The molecule has 0 N–H and O–H groups in total. The second kappa shape index (κ2) is 7.32. The Balaban J connectivity index is 1.67. The molecule has 1 atom stereocenters. The lowest BCUT2D eigenvalue weighted by Crippen LogP contribution is -2.53. The molecule has 3 rings (SSSR count). The number of hydrogen-bond donors (Lipinski definition) is 0. The molecule has 0 aliphatic carbocycles. The fourth-order valence-electron chi connectivity index (χ4n) is 3.81. The van der Waals surface area contributed by atoms with E-state index >= 15 is 0 Å². The number of rotatable bonds is 3. The Labute approximate surface area is 143 Å². The third-order valence-electron chi connectivity index (χ3n) is 5.12. The Morgan fingerprint density at radius 1 is 1.39 bits per heavy atom. The van der Waals surface area contributed by atoms with Crippen LogP contribution in [0.15, 0.2) is 17.5 Å².